The normalized spacial score (nSPS) is 23.4. The number of alkyl carbamates (subject to hydrolysis) is 1. The van der Waals surface area contributed by atoms with E-state index in [1.165, 1.54) is 23.8 Å². The van der Waals surface area contributed by atoms with E-state index in [1.54, 1.807) is 0 Å². The maximum atomic E-state index is 12.2. The SMILES string of the molecule is CC(C)OC(=O)NC1(CNC2CCN(C)CC2)CCN(SS)CC1. The third kappa shape index (κ3) is 6.29. The van der Waals surface area contributed by atoms with Gasteiger partial charge in [0.15, 0.2) is 0 Å². The molecule has 0 spiro atoms. The van der Waals surface area contributed by atoms with Crippen molar-refractivity contribution in [3.05, 3.63) is 0 Å². The Kier molecular flexibility index (Phi) is 8.00. The van der Waals surface area contributed by atoms with Crippen molar-refractivity contribution in [3.63, 3.8) is 0 Å². The van der Waals surface area contributed by atoms with E-state index >= 15 is 0 Å². The van der Waals surface area contributed by atoms with Crippen LogP contribution in [0, 0.1) is 0 Å². The van der Waals surface area contributed by atoms with E-state index in [1.807, 2.05) is 13.8 Å². The number of nitrogens with zero attached hydrogens (tertiary/aromatic N) is 2. The molecule has 0 aromatic rings. The molecule has 0 atom stereocenters. The molecule has 8 heteroatoms. The lowest BCUT2D eigenvalue weighted by atomic mass is 9.87. The number of thiol groups is 1. The van der Waals surface area contributed by atoms with E-state index < -0.39 is 0 Å². The summed E-state index contributed by atoms with van der Waals surface area (Å²) in [7, 11) is 3.65. The molecule has 6 nitrogen and oxygen atoms in total. The highest BCUT2D eigenvalue weighted by molar-refractivity contribution is 8.67. The summed E-state index contributed by atoms with van der Waals surface area (Å²) < 4.78 is 7.55. The monoisotopic (exact) mass is 376 g/mol. The van der Waals surface area contributed by atoms with Crippen molar-refractivity contribution in [2.24, 2.45) is 0 Å². The average Bonchev–Trinajstić information content (AvgIpc) is 2.54. The number of likely N-dealkylation sites (tertiary alicyclic amines) is 1. The van der Waals surface area contributed by atoms with Crippen molar-refractivity contribution in [1.82, 2.24) is 19.8 Å². The fourth-order valence-electron chi connectivity index (χ4n) is 3.35. The van der Waals surface area contributed by atoms with Crippen LogP contribution in [0.1, 0.15) is 39.5 Å². The van der Waals surface area contributed by atoms with Crippen molar-refractivity contribution in [2.45, 2.75) is 57.2 Å². The van der Waals surface area contributed by atoms with Crippen LogP contribution in [-0.2, 0) is 4.74 Å². The van der Waals surface area contributed by atoms with E-state index in [0.29, 0.717) is 6.04 Å². The average molecular weight is 377 g/mol. The zero-order chi connectivity index (χ0) is 17.6. The highest BCUT2D eigenvalue weighted by Gasteiger charge is 2.37. The van der Waals surface area contributed by atoms with Crippen LogP contribution in [0.25, 0.3) is 0 Å². The molecule has 2 saturated heterocycles. The lowest BCUT2D eigenvalue weighted by Crippen LogP contribution is -2.61. The molecule has 0 saturated carbocycles. The molecule has 0 radical (unpaired) electrons. The molecule has 0 aliphatic carbocycles. The zero-order valence-electron chi connectivity index (χ0n) is 15.1. The first-order valence-electron chi connectivity index (χ1n) is 8.90. The number of amides is 1. The standard InChI is InChI=1S/C16H32N4O2S2/c1-13(2)22-15(21)18-16(6-10-20(24-23)11-7-16)12-17-14-4-8-19(3)9-5-14/h13-14,17,23H,4-12H2,1-3H3,(H,18,21). The van der Waals surface area contributed by atoms with Crippen molar-refractivity contribution >= 4 is 28.7 Å². The first-order chi connectivity index (χ1) is 11.4. The number of carbonyl (C=O) groups excluding carboxylic acids is 1. The lowest BCUT2D eigenvalue weighted by Gasteiger charge is -2.42. The Hall–Kier alpha value is -0.150. The number of nitrogens with one attached hydrogen (secondary N) is 2. The van der Waals surface area contributed by atoms with Gasteiger partial charge in [0.25, 0.3) is 0 Å². The Labute approximate surface area is 155 Å². The third-order valence-corrected chi connectivity index (χ3v) is 6.24. The number of rotatable bonds is 6. The highest BCUT2D eigenvalue weighted by atomic mass is 33.1. The Morgan fingerprint density at radius 3 is 2.46 bits per heavy atom. The number of carbonyl (C=O) groups is 1. The number of ether oxygens (including phenoxy) is 1. The minimum atomic E-state index is -0.304. The Balaban J connectivity index is 1.91. The van der Waals surface area contributed by atoms with Crippen LogP contribution in [0.5, 0.6) is 0 Å². The zero-order valence-corrected chi connectivity index (χ0v) is 16.8. The molecule has 2 fully saturated rings. The largest absolute Gasteiger partial charge is 0.447 e. The topological polar surface area (TPSA) is 56.8 Å². The first-order valence-corrected chi connectivity index (χ1v) is 10.7. The molecule has 0 aromatic carbocycles. The minimum Gasteiger partial charge on any atom is -0.447 e. The second-order valence-electron chi connectivity index (χ2n) is 7.33. The molecular weight excluding hydrogens is 344 g/mol. The molecule has 0 aromatic heterocycles. The maximum absolute atomic E-state index is 12.2. The fourth-order valence-corrected chi connectivity index (χ4v) is 4.19. The van der Waals surface area contributed by atoms with Crippen LogP contribution >= 0.6 is 22.6 Å². The van der Waals surface area contributed by atoms with Gasteiger partial charge in [-0.25, -0.2) is 9.10 Å². The van der Waals surface area contributed by atoms with Gasteiger partial charge in [0.05, 0.1) is 11.6 Å². The van der Waals surface area contributed by atoms with E-state index in [9.17, 15) is 4.79 Å². The molecule has 2 heterocycles. The molecule has 2 rings (SSSR count). The molecule has 140 valence electrons. The lowest BCUT2D eigenvalue weighted by molar-refractivity contribution is 0.0928. The Morgan fingerprint density at radius 1 is 1.29 bits per heavy atom. The van der Waals surface area contributed by atoms with E-state index in [0.717, 1.165) is 45.6 Å². The van der Waals surface area contributed by atoms with Crippen LogP contribution in [0.2, 0.25) is 0 Å². The van der Waals surface area contributed by atoms with Gasteiger partial charge in [-0.2, -0.15) is 0 Å². The van der Waals surface area contributed by atoms with Crippen LogP contribution < -0.4 is 10.6 Å². The number of piperidine rings is 2. The fraction of sp³-hybridized carbons (Fsp3) is 0.938. The minimum absolute atomic E-state index is 0.100. The van der Waals surface area contributed by atoms with Crippen molar-refractivity contribution in [2.75, 3.05) is 39.8 Å². The van der Waals surface area contributed by atoms with Gasteiger partial charge in [-0.05, 0) is 70.6 Å². The molecule has 2 N–H and O–H groups in total. The van der Waals surface area contributed by atoms with Crippen LogP contribution in [-0.4, -0.2) is 72.8 Å². The maximum Gasteiger partial charge on any atom is 0.407 e. The molecule has 0 bridgehead atoms. The van der Waals surface area contributed by atoms with Crippen LogP contribution in [0.15, 0.2) is 0 Å². The van der Waals surface area contributed by atoms with Crippen molar-refractivity contribution in [3.8, 4) is 0 Å². The van der Waals surface area contributed by atoms with Gasteiger partial charge in [-0.3, -0.25) is 0 Å². The predicted octanol–water partition coefficient (Wildman–Crippen LogP) is 2.13. The van der Waals surface area contributed by atoms with E-state index in [4.69, 9.17) is 4.74 Å². The molecule has 2 aliphatic rings. The number of hydrogen-bond donors (Lipinski definition) is 3. The van der Waals surface area contributed by atoms with Gasteiger partial charge < -0.3 is 20.3 Å². The van der Waals surface area contributed by atoms with Crippen molar-refractivity contribution < 1.29 is 9.53 Å². The van der Waals surface area contributed by atoms with Gasteiger partial charge in [0.1, 0.15) is 0 Å². The van der Waals surface area contributed by atoms with Gasteiger partial charge in [-0.1, -0.05) is 11.7 Å². The Morgan fingerprint density at radius 2 is 1.92 bits per heavy atom. The second-order valence-corrected chi connectivity index (χ2v) is 8.50. The first kappa shape index (κ1) is 20.2. The third-order valence-electron chi connectivity index (χ3n) is 4.95. The quantitative estimate of drug-likeness (QED) is 0.375. The number of hydrogen-bond acceptors (Lipinski definition) is 7. The molecule has 0 unspecified atom stereocenters. The summed E-state index contributed by atoms with van der Waals surface area (Å²) in [6.07, 6.45) is 3.75. The summed E-state index contributed by atoms with van der Waals surface area (Å²) in [6.45, 7) is 8.68. The molecule has 2 aliphatic heterocycles. The van der Waals surface area contributed by atoms with Gasteiger partial charge in [-0.15, -0.1) is 0 Å². The van der Waals surface area contributed by atoms with Gasteiger partial charge >= 0.3 is 6.09 Å². The van der Waals surface area contributed by atoms with E-state index in [2.05, 4.69) is 38.5 Å². The predicted molar refractivity (Wildman–Crippen MR) is 103 cm³/mol. The van der Waals surface area contributed by atoms with Gasteiger partial charge in [0, 0.05) is 25.7 Å². The summed E-state index contributed by atoms with van der Waals surface area (Å²) in [5.41, 5.74) is -0.227. The van der Waals surface area contributed by atoms with Crippen LogP contribution in [0.4, 0.5) is 4.79 Å². The Bertz CT molecular complexity index is 396. The summed E-state index contributed by atoms with van der Waals surface area (Å²) in [4.78, 5) is 14.5. The highest BCUT2D eigenvalue weighted by Crippen LogP contribution is 2.28. The summed E-state index contributed by atoms with van der Waals surface area (Å²) in [5.74, 6) is 0. The van der Waals surface area contributed by atoms with Crippen molar-refractivity contribution in [1.29, 1.82) is 0 Å². The smallest absolute Gasteiger partial charge is 0.407 e. The second kappa shape index (κ2) is 9.52. The van der Waals surface area contributed by atoms with Crippen LogP contribution in [0.3, 0.4) is 0 Å². The molecular formula is C16H32N4O2S2. The summed E-state index contributed by atoms with van der Waals surface area (Å²) in [6, 6.07) is 0.540. The van der Waals surface area contributed by atoms with E-state index in [-0.39, 0.29) is 17.7 Å². The molecule has 24 heavy (non-hydrogen) atoms. The summed E-state index contributed by atoms with van der Waals surface area (Å²) >= 11 is 4.29. The molecule has 1 amide bonds. The summed E-state index contributed by atoms with van der Waals surface area (Å²) in [5, 5.41) is 6.86. The van der Waals surface area contributed by atoms with Gasteiger partial charge in [0.2, 0.25) is 0 Å².